The van der Waals surface area contributed by atoms with Crippen LogP contribution in [0, 0.1) is 0 Å². The molecule has 1 aliphatic carbocycles. The van der Waals surface area contributed by atoms with Crippen molar-refractivity contribution >= 4 is 28.5 Å². The third kappa shape index (κ3) is 3.56. The second-order valence-electron chi connectivity index (χ2n) is 8.36. The first-order chi connectivity index (χ1) is 16.1. The van der Waals surface area contributed by atoms with E-state index in [-0.39, 0.29) is 16.6 Å². The number of rotatable bonds is 4. The summed E-state index contributed by atoms with van der Waals surface area (Å²) in [5.41, 5.74) is -1.75. The van der Waals surface area contributed by atoms with Crippen molar-refractivity contribution in [1.29, 1.82) is 0 Å². The van der Waals surface area contributed by atoms with Crippen LogP contribution in [-0.4, -0.2) is 21.2 Å². The normalized spacial score (nSPS) is 14.8. The topological polar surface area (TPSA) is 70.4 Å². The molecule has 0 amide bonds. The van der Waals surface area contributed by atoms with Gasteiger partial charge in [-0.15, -0.1) is 0 Å². The maximum atomic E-state index is 14.2. The molecule has 0 unspecified atom stereocenters. The van der Waals surface area contributed by atoms with Crippen molar-refractivity contribution in [2.45, 2.75) is 24.4 Å². The third-order valence-corrected chi connectivity index (χ3v) is 6.54. The summed E-state index contributed by atoms with van der Waals surface area (Å²) in [6.45, 7) is 0. The van der Waals surface area contributed by atoms with Crippen molar-refractivity contribution in [1.82, 2.24) is 4.98 Å². The molecule has 4 aromatic rings. The molecule has 0 saturated heterocycles. The number of alkyl halides is 3. The molecule has 1 saturated carbocycles. The van der Waals surface area contributed by atoms with Gasteiger partial charge in [0.2, 0.25) is 0 Å². The Hall–Kier alpha value is -3.58. The molecule has 0 atom stereocenters. The molecule has 4 nitrogen and oxygen atoms in total. The van der Waals surface area contributed by atoms with E-state index >= 15 is 0 Å². The fraction of sp³-hybridized carbons (Fsp3) is 0.154. The molecule has 1 heterocycles. The zero-order chi connectivity index (χ0) is 24.3. The maximum absolute atomic E-state index is 14.2. The standard InChI is InChI=1S/C26H17ClF3NO3/c27-17-8-6-16(7-9-17)25(10-11-25)23-22(32)20(24(33)34)18-12-15(14-4-2-1-3-5-14)13-19(21(18)31-23)26(28,29)30/h1-9,12-13,32H,10-11H2,(H,33,34). The fourth-order valence-electron chi connectivity index (χ4n) is 4.48. The average molecular weight is 484 g/mol. The van der Waals surface area contributed by atoms with Crippen molar-refractivity contribution in [3.8, 4) is 16.9 Å². The lowest BCUT2D eigenvalue weighted by atomic mass is 9.88. The summed E-state index contributed by atoms with van der Waals surface area (Å²) in [6, 6.07) is 17.3. The molecule has 5 rings (SSSR count). The van der Waals surface area contributed by atoms with Crippen molar-refractivity contribution in [2.24, 2.45) is 0 Å². The highest BCUT2D eigenvalue weighted by Crippen LogP contribution is 2.56. The minimum Gasteiger partial charge on any atom is -0.505 e. The zero-order valence-corrected chi connectivity index (χ0v) is 18.3. The molecule has 3 aromatic carbocycles. The average Bonchev–Trinajstić information content (AvgIpc) is 3.59. The third-order valence-electron chi connectivity index (χ3n) is 6.29. The van der Waals surface area contributed by atoms with Gasteiger partial charge in [0.05, 0.1) is 16.8 Å². The number of hydrogen-bond acceptors (Lipinski definition) is 3. The molecule has 0 spiro atoms. The molecule has 1 fully saturated rings. The Morgan fingerprint density at radius 1 is 0.971 bits per heavy atom. The quantitative estimate of drug-likeness (QED) is 0.326. The van der Waals surface area contributed by atoms with Crippen molar-refractivity contribution in [2.75, 3.05) is 0 Å². The summed E-state index contributed by atoms with van der Waals surface area (Å²) in [6.07, 6.45) is -3.79. The first-order valence-corrected chi connectivity index (χ1v) is 10.8. The van der Waals surface area contributed by atoms with E-state index in [2.05, 4.69) is 4.98 Å². The molecule has 1 aliphatic rings. The highest BCUT2D eigenvalue weighted by Gasteiger charge is 2.50. The largest absolute Gasteiger partial charge is 0.505 e. The van der Waals surface area contributed by atoms with E-state index in [4.69, 9.17) is 11.6 Å². The highest BCUT2D eigenvalue weighted by atomic mass is 35.5. The van der Waals surface area contributed by atoms with Gasteiger partial charge in [0.15, 0.2) is 5.75 Å². The molecule has 1 aromatic heterocycles. The van der Waals surface area contributed by atoms with Crippen LogP contribution < -0.4 is 0 Å². The molecule has 0 radical (unpaired) electrons. The summed E-state index contributed by atoms with van der Waals surface area (Å²) in [4.78, 5) is 16.5. The second-order valence-corrected chi connectivity index (χ2v) is 8.80. The van der Waals surface area contributed by atoms with E-state index in [1.165, 1.54) is 6.07 Å². The zero-order valence-electron chi connectivity index (χ0n) is 17.5. The van der Waals surface area contributed by atoms with Crippen LogP contribution in [0.1, 0.15) is 40.0 Å². The Kier molecular flexibility index (Phi) is 5.06. The van der Waals surface area contributed by atoms with Crippen LogP contribution in [-0.2, 0) is 11.6 Å². The summed E-state index contributed by atoms with van der Waals surface area (Å²) in [5, 5.41) is 21.2. The lowest BCUT2D eigenvalue weighted by Crippen LogP contribution is -2.16. The number of pyridine rings is 1. The molecule has 172 valence electrons. The van der Waals surface area contributed by atoms with Crippen molar-refractivity contribution in [3.63, 3.8) is 0 Å². The Balaban J connectivity index is 1.85. The summed E-state index contributed by atoms with van der Waals surface area (Å²) >= 11 is 5.97. The molecule has 0 aliphatic heterocycles. The van der Waals surface area contributed by atoms with Gasteiger partial charge in [-0.25, -0.2) is 9.78 Å². The number of nitrogens with zero attached hydrogens (tertiary/aromatic N) is 1. The fourth-order valence-corrected chi connectivity index (χ4v) is 4.60. The molecule has 8 heteroatoms. The number of aromatic nitrogens is 1. The van der Waals surface area contributed by atoms with Crippen molar-refractivity contribution in [3.05, 3.63) is 94.1 Å². The van der Waals surface area contributed by atoms with Gasteiger partial charge in [-0.1, -0.05) is 54.1 Å². The number of carboxylic acid groups (broad SMARTS) is 1. The van der Waals surface area contributed by atoms with E-state index in [9.17, 15) is 28.2 Å². The van der Waals surface area contributed by atoms with Crippen LogP contribution in [0.3, 0.4) is 0 Å². The second kappa shape index (κ2) is 7.74. The number of benzene rings is 3. The predicted molar refractivity (Wildman–Crippen MR) is 122 cm³/mol. The van der Waals surface area contributed by atoms with Gasteiger partial charge >= 0.3 is 12.1 Å². The van der Waals surface area contributed by atoms with Crippen LogP contribution in [0.4, 0.5) is 13.2 Å². The number of carbonyl (C=O) groups is 1. The summed E-state index contributed by atoms with van der Waals surface area (Å²) in [5.74, 6) is -2.15. The Labute approximate surface area is 197 Å². The maximum Gasteiger partial charge on any atom is 0.418 e. The Morgan fingerprint density at radius 3 is 2.18 bits per heavy atom. The minimum absolute atomic E-state index is 0.0716. The van der Waals surface area contributed by atoms with Crippen LogP contribution in [0.15, 0.2) is 66.7 Å². The Bertz CT molecular complexity index is 1430. The molecular weight excluding hydrogens is 467 g/mol. The van der Waals surface area contributed by atoms with E-state index in [0.29, 0.717) is 29.0 Å². The summed E-state index contributed by atoms with van der Waals surface area (Å²) in [7, 11) is 0. The van der Waals surface area contributed by atoms with Gasteiger partial charge in [-0.2, -0.15) is 13.2 Å². The minimum atomic E-state index is -4.79. The first kappa shape index (κ1) is 22.2. The monoisotopic (exact) mass is 483 g/mol. The lowest BCUT2D eigenvalue weighted by Gasteiger charge is -2.21. The van der Waals surface area contributed by atoms with Gasteiger partial charge in [-0.3, -0.25) is 0 Å². The van der Waals surface area contributed by atoms with E-state index in [0.717, 1.165) is 6.07 Å². The van der Waals surface area contributed by atoms with Crippen LogP contribution >= 0.6 is 11.6 Å². The van der Waals surface area contributed by atoms with E-state index < -0.39 is 40.0 Å². The van der Waals surface area contributed by atoms with E-state index in [1.807, 2.05) is 0 Å². The SMILES string of the molecule is O=C(O)c1c(O)c(C2(c3ccc(Cl)cc3)CC2)nc2c(C(F)(F)F)cc(-c3ccccc3)cc12. The molecular formula is C26H17ClF3NO3. The highest BCUT2D eigenvalue weighted by molar-refractivity contribution is 6.30. The number of fused-ring (bicyclic) bond motifs is 1. The van der Waals surface area contributed by atoms with Crippen LogP contribution in [0.5, 0.6) is 5.75 Å². The van der Waals surface area contributed by atoms with Crippen LogP contribution in [0.25, 0.3) is 22.0 Å². The molecule has 0 bridgehead atoms. The predicted octanol–water partition coefficient (Wildman–Crippen LogP) is 7.06. The van der Waals surface area contributed by atoms with Gasteiger partial charge in [0.1, 0.15) is 5.56 Å². The van der Waals surface area contributed by atoms with E-state index in [1.54, 1.807) is 54.6 Å². The Morgan fingerprint density at radius 2 is 1.62 bits per heavy atom. The smallest absolute Gasteiger partial charge is 0.418 e. The van der Waals surface area contributed by atoms with Crippen molar-refractivity contribution < 1.29 is 28.2 Å². The first-order valence-electron chi connectivity index (χ1n) is 10.4. The number of carboxylic acids is 1. The number of hydrogen-bond donors (Lipinski definition) is 2. The lowest BCUT2D eigenvalue weighted by molar-refractivity contribution is -0.136. The van der Waals surface area contributed by atoms with Gasteiger partial charge < -0.3 is 10.2 Å². The number of aromatic hydroxyl groups is 1. The van der Waals surface area contributed by atoms with Gasteiger partial charge in [-0.05, 0) is 53.8 Å². The summed E-state index contributed by atoms with van der Waals surface area (Å²) < 4.78 is 42.6. The van der Waals surface area contributed by atoms with Crippen LogP contribution in [0.2, 0.25) is 5.02 Å². The molecule has 34 heavy (non-hydrogen) atoms. The van der Waals surface area contributed by atoms with Gasteiger partial charge in [0.25, 0.3) is 0 Å². The van der Waals surface area contributed by atoms with Gasteiger partial charge in [0, 0.05) is 15.8 Å². The molecule has 2 N–H and O–H groups in total. The number of aromatic carboxylic acids is 1. The number of halogens is 4.